The minimum atomic E-state index is 0.0272. The van der Waals surface area contributed by atoms with Gasteiger partial charge in [-0.1, -0.05) is 0 Å². The standard InChI is InChI=1S/C17H22N4O2/c22-17-4-3-16(14-1-2-14)19-21(17)9-13-5-7-20(8-6-13)10-15-11-23-12-18-15/h3-4,11-14H,1-2,5-10H2. The predicted octanol–water partition coefficient (Wildman–Crippen LogP) is 2.02. The molecule has 6 heteroatoms. The number of aromatic nitrogens is 3. The van der Waals surface area contributed by atoms with Crippen molar-refractivity contribution in [3.8, 4) is 0 Å². The van der Waals surface area contributed by atoms with E-state index >= 15 is 0 Å². The molecule has 1 aliphatic heterocycles. The Morgan fingerprint density at radius 2 is 2.00 bits per heavy atom. The molecule has 0 unspecified atom stereocenters. The fraction of sp³-hybridized carbons (Fsp3) is 0.588. The third-order valence-electron chi connectivity index (χ3n) is 4.89. The van der Waals surface area contributed by atoms with Crippen LogP contribution in [0.3, 0.4) is 0 Å². The maximum atomic E-state index is 12.0. The van der Waals surface area contributed by atoms with E-state index in [4.69, 9.17) is 4.42 Å². The lowest BCUT2D eigenvalue weighted by molar-refractivity contribution is 0.162. The Morgan fingerprint density at radius 1 is 1.17 bits per heavy atom. The van der Waals surface area contributed by atoms with Gasteiger partial charge in [-0.3, -0.25) is 9.69 Å². The molecule has 0 radical (unpaired) electrons. The molecular weight excluding hydrogens is 292 g/mol. The first-order chi connectivity index (χ1) is 11.3. The highest BCUT2D eigenvalue weighted by molar-refractivity contribution is 5.12. The van der Waals surface area contributed by atoms with E-state index in [-0.39, 0.29) is 5.56 Å². The van der Waals surface area contributed by atoms with Gasteiger partial charge in [-0.05, 0) is 50.8 Å². The highest BCUT2D eigenvalue weighted by Crippen LogP contribution is 2.38. The number of nitrogens with zero attached hydrogens (tertiary/aromatic N) is 4. The molecule has 6 nitrogen and oxygen atoms in total. The van der Waals surface area contributed by atoms with Crippen LogP contribution >= 0.6 is 0 Å². The van der Waals surface area contributed by atoms with Crippen molar-refractivity contribution in [3.63, 3.8) is 0 Å². The zero-order valence-electron chi connectivity index (χ0n) is 13.2. The van der Waals surface area contributed by atoms with Gasteiger partial charge in [-0.2, -0.15) is 5.10 Å². The van der Waals surface area contributed by atoms with Gasteiger partial charge in [-0.25, -0.2) is 9.67 Å². The van der Waals surface area contributed by atoms with Gasteiger partial charge in [0.1, 0.15) is 6.26 Å². The second-order valence-corrected chi connectivity index (χ2v) is 6.75. The molecule has 2 aromatic rings. The Kier molecular flexibility index (Phi) is 3.99. The van der Waals surface area contributed by atoms with Crippen molar-refractivity contribution in [2.24, 2.45) is 5.92 Å². The van der Waals surface area contributed by atoms with Crippen molar-refractivity contribution in [2.75, 3.05) is 13.1 Å². The molecule has 0 aromatic carbocycles. The van der Waals surface area contributed by atoms with Crippen LogP contribution in [0.25, 0.3) is 0 Å². The topological polar surface area (TPSA) is 64.2 Å². The van der Waals surface area contributed by atoms with Gasteiger partial charge in [0.05, 0.1) is 11.4 Å². The van der Waals surface area contributed by atoms with Crippen LogP contribution in [-0.2, 0) is 13.1 Å². The van der Waals surface area contributed by atoms with Gasteiger partial charge >= 0.3 is 0 Å². The van der Waals surface area contributed by atoms with E-state index in [0.717, 1.165) is 50.4 Å². The third-order valence-corrected chi connectivity index (χ3v) is 4.89. The maximum absolute atomic E-state index is 12.0. The van der Waals surface area contributed by atoms with Gasteiger partial charge in [0.25, 0.3) is 5.56 Å². The molecular formula is C17H22N4O2. The summed E-state index contributed by atoms with van der Waals surface area (Å²) < 4.78 is 6.71. The molecule has 1 aliphatic carbocycles. The normalized spacial score (nSPS) is 20.0. The molecule has 2 aromatic heterocycles. The summed E-state index contributed by atoms with van der Waals surface area (Å²) in [6, 6.07) is 3.58. The molecule has 0 atom stereocenters. The first-order valence-electron chi connectivity index (χ1n) is 8.45. The van der Waals surface area contributed by atoms with Gasteiger partial charge in [0, 0.05) is 25.1 Å². The molecule has 2 aliphatic rings. The largest absolute Gasteiger partial charge is 0.451 e. The third kappa shape index (κ3) is 3.52. The summed E-state index contributed by atoms with van der Waals surface area (Å²) in [5.74, 6) is 1.12. The smallest absolute Gasteiger partial charge is 0.266 e. The van der Waals surface area contributed by atoms with E-state index in [1.807, 2.05) is 6.07 Å². The second kappa shape index (κ2) is 6.28. The lowest BCUT2D eigenvalue weighted by Crippen LogP contribution is -2.36. The number of oxazole rings is 1. The molecule has 0 amide bonds. The van der Waals surface area contributed by atoms with Crippen LogP contribution in [0.5, 0.6) is 0 Å². The first kappa shape index (κ1) is 14.6. The Hall–Kier alpha value is -1.95. The van der Waals surface area contributed by atoms with E-state index in [0.29, 0.717) is 11.8 Å². The Morgan fingerprint density at radius 3 is 2.70 bits per heavy atom. The summed E-state index contributed by atoms with van der Waals surface area (Å²) in [5, 5.41) is 4.58. The SMILES string of the molecule is O=c1ccc(C2CC2)nn1CC1CCN(Cc2cocn2)CC1. The van der Waals surface area contributed by atoms with Crippen molar-refractivity contribution in [3.05, 3.63) is 46.5 Å². The Labute approximate surface area is 135 Å². The molecule has 0 spiro atoms. The van der Waals surface area contributed by atoms with Crippen molar-refractivity contribution >= 4 is 0 Å². The fourth-order valence-corrected chi connectivity index (χ4v) is 3.31. The second-order valence-electron chi connectivity index (χ2n) is 6.75. The quantitative estimate of drug-likeness (QED) is 0.845. The molecule has 4 rings (SSSR count). The zero-order valence-corrected chi connectivity index (χ0v) is 13.2. The Bertz CT molecular complexity index is 698. The van der Waals surface area contributed by atoms with E-state index in [2.05, 4.69) is 15.0 Å². The average molecular weight is 314 g/mol. The van der Waals surface area contributed by atoms with Gasteiger partial charge in [0.15, 0.2) is 6.39 Å². The molecule has 1 saturated heterocycles. The van der Waals surface area contributed by atoms with Gasteiger partial charge in [-0.15, -0.1) is 0 Å². The average Bonchev–Trinajstić information content (AvgIpc) is 3.29. The number of likely N-dealkylation sites (tertiary alicyclic amines) is 1. The van der Waals surface area contributed by atoms with Gasteiger partial charge in [0.2, 0.25) is 0 Å². The summed E-state index contributed by atoms with van der Waals surface area (Å²) in [5.41, 5.74) is 2.10. The van der Waals surface area contributed by atoms with E-state index < -0.39 is 0 Å². The number of hydrogen-bond acceptors (Lipinski definition) is 5. The monoisotopic (exact) mass is 314 g/mol. The molecule has 3 heterocycles. The zero-order chi connectivity index (χ0) is 15.6. The molecule has 0 N–H and O–H groups in total. The minimum absolute atomic E-state index is 0.0272. The lowest BCUT2D eigenvalue weighted by Gasteiger charge is -2.31. The molecule has 23 heavy (non-hydrogen) atoms. The minimum Gasteiger partial charge on any atom is -0.451 e. The fourth-order valence-electron chi connectivity index (χ4n) is 3.31. The Balaban J connectivity index is 1.34. The number of piperidine rings is 1. The maximum Gasteiger partial charge on any atom is 0.266 e. The van der Waals surface area contributed by atoms with E-state index in [1.165, 1.54) is 19.2 Å². The summed E-state index contributed by atoms with van der Waals surface area (Å²) in [6.07, 6.45) is 7.81. The highest BCUT2D eigenvalue weighted by atomic mass is 16.3. The van der Waals surface area contributed by atoms with Crippen molar-refractivity contribution < 1.29 is 4.42 Å². The summed E-state index contributed by atoms with van der Waals surface area (Å²) in [7, 11) is 0. The summed E-state index contributed by atoms with van der Waals surface area (Å²) >= 11 is 0. The number of hydrogen-bond donors (Lipinski definition) is 0. The molecule has 122 valence electrons. The summed E-state index contributed by atoms with van der Waals surface area (Å²) in [4.78, 5) is 18.6. The van der Waals surface area contributed by atoms with Crippen LogP contribution in [0.4, 0.5) is 0 Å². The van der Waals surface area contributed by atoms with Crippen LogP contribution in [0.2, 0.25) is 0 Å². The van der Waals surface area contributed by atoms with Crippen molar-refractivity contribution in [1.82, 2.24) is 19.7 Å². The van der Waals surface area contributed by atoms with Crippen molar-refractivity contribution in [1.29, 1.82) is 0 Å². The van der Waals surface area contributed by atoms with Crippen LogP contribution in [0.15, 0.2) is 34.0 Å². The predicted molar refractivity (Wildman–Crippen MR) is 85.0 cm³/mol. The summed E-state index contributed by atoms with van der Waals surface area (Å²) in [6.45, 7) is 3.67. The van der Waals surface area contributed by atoms with Crippen LogP contribution in [0, 0.1) is 5.92 Å². The first-order valence-corrected chi connectivity index (χ1v) is 8.45. The van der Waals surface area contributed by atoms with E-state index in [9.17, 15) is 4.79 Å². The molecule has 2 fully saturated rings. The van der Waals surface area contributed by atoms with Gasteiger partial charge < -0.3 is 4.42 Å². The molecule has 1 saturated carbocycles. The van der Waals surface area contributed by atoms with E-state index in [1.54, 1.807) is 17.0 Å². The highest BCUT2D eigenvalue weighted by Gasteiger charge is 2.26. The van der Waals surface area contributed by atoms with Crippen LogP contribution < -0.4 is 5.56 Å². The van der Waals surface area contributed by atoms with Crippen molar-refractivity contribution in [2.45, 2.75) is 44.7 Å². The van der Waals surface area contributed by atoms with Crippen LogP contribution in [0.1, 0.15) is 43.0 Å². The number of rotatable bonds is 5. The molecule has 0 bridgehead atoms. The van der Waals surface area contributed by atoms with Crippen LogP contribution in [-0.4, -0.2) is 32.8 Å². The lowest BCUT2D eigenvalue weighted by atomic mass is 9.97.